The fraction of sp³-hybridized carbons (Fsp3) is 0.182. The third-order valence-electron chi connectivity index (χ3n) is 2.18. The highest BCUT2D eigenvalue weighted by Gasteiger charge is 2.09. The lowest BCUT2D eigenvalue weighted by Crippen LogP contribution is -1.92. The number of carboxylic acids is 1. The van der Waals surface area contributed by atoms with Crippen LogP contribution in [-0.4, -0.2) is 21.0 Å². The maximum Gasteiger partial charge on any atom is 0.345 e. The molecular weight excluding hydrogens is 256 g/mol. The number of carboxylic acid groups (broad SMARTS) is 1. The minimum atomic E-state index is -0.895. The normalized spacial score (nSPS) is 10.5. The zero-order valence-electron chi connectivity index (χ0n) is 9.30. The summed E-state index contributed by atoms with van der Waals surface area (Å²) in [6, 6.07) is 1.65. The maximum atomic E-state index is 10.7. The summed E-state index contributed by atoms with van der Waals surface area (Å²) in [5.74, 6) is -0.895. The summed E-state index contributed by atoms with van der Waals surface area (Å²) in [5.41, 5.74) is 1.80. The van der Waals surface area contributed by atoms with Crippen molar-refractivity contribution in [3.63, 3.8) is 0 Å². The molecule has 0 radical (unpaired) electrons. The molecule has 4 nitrogen and oxygen atoms in total. The van der Waals surface area contributed by atoms with Crippen molar-refractivity contribution >= 4 is 29.1 Å². The van der Waals surface area contributed by atoms with Gasteiger partial charge in [-0.05, 0) is 19.9 Å². The SMILES string of the molecule is Cc1ncc(Sc2csc(C(=O)O)c2)nc1C. The van der Waals surface area contributed by atoms with Gasteiger partial charge in [-0.2, -0.15) is 0 Å². The van der Waals surface area contributed by atoms with Gasteiger partial charge in [-0.25, -0.2) is 9.78 Å². The van der Waals surface area contributed by atoms with E-state index in [0.29, 0.717) is 4.88 Å². The van der Waals surface area contributed by atoms with Crippen LogP contribution in [0.3, 0.4) is 0 Å². The van der Waals surface area contributed by atoms with Gasteiger partial charge in [-0.15, -0.1) is 11.3 Å². The molecule has 6 heteroatoms. The van der Waals surface area contributed by atoms with Gasteiger partial charge in [0.2, 0.25) is 0 Å². The van der Waals surface area contributed by atoms with Crippen molar-refractivity contribution < 1.29 is 9.90 Å². The number of hydrogen-bond donors (Lipinski definition) is 1. The van der Waals surface area contributed by atoms with Crippen LogP contribution in [0.5, 0.6) is 0 Å². The Morgan fingerprint density at radius 3 is 2.76 bits per heavy atom. The molecule has 0 amide bonds. The number of carbonyl (C=O) groups is 1. The third kappa shape index (κ3) is 2.83. The lowest BCUT2D eigenvalue weighted by Gasteiger charge is -2.01. The molecule has 2 aromatic rings. The molecule has 0 aliphatic heterocycles. The predicted molar refractivity (Wildman–Crippen MR) is 66.9 cm³/mol. The Labute approximate surface area is 107 Å². The van der Waals surface area contributed by atoms with Crippen LogP contribution in [0.25, 0.3) is 0 Å². The van der Waals surface area contributed by atoms with E-state index in [2.05, 4.69) is 9.97 Å². The molecule has 1 N–H and O–H groups in total. The minimum Gasteiger partial charge on any atom is -0.477 e. The van der Waals surface area contributed by atoms with E-state index in [1.165, 1.54) is 23.1 Å². The Morgan fingerprint density at radius 1 is 1.41 bits per heavy atom. The van der Waals surface area contributed by atoms with E-state index in [9.17, 15) is 4.79 Å². The average Bonchev–Trinajstić information content (AvgIpc) is 2.72. The molecule has 0 aromatic carbocycles. The summed E-state index contributed by atoms with van der Waals surface area (Å²) in [5, 5.41) is 11.4. The quantitative estimate of drug-likeness (QED) is 0.925. The Kier molecular flexibility index (Phi) is 3.44. The summed E-state index contributed by atoms with van der Waals surface area (Å²) in [6.07, 6.45) is 1.70. The van der Waals surface area contributed by atoms with E-state index >= 15 is 0 Å². The molecule has 0 saturated carbocycles. The van der Waals surface area contributed by atoms with Crippen LogP contribution in [0.15, 0.2) is 27.6 Å². The van der Waals surface area contributed by atoms with Crippen molar-refractivity contribution in [2.24, 2.45) is 0 Å². The topological polar surface area (TPSA) is 63.1 Å². The van der Waals surface area contributed by atoms with Gasteiger partial charge >= 0.3 is 5.97 Å². The highest BCUT2D eigenvalue weighted by molar-refractivity contribution is 7.99. The second kappa shape index (κ2) is 4.85. The highest BCUT2D eigenvalue weighted by atomic mass is 32.2. The van der Waals surface area contributed by atoms with Crippen molar-refractivity contribution in [2.75, 3.05) is 0 Å². The van der Waals surface area contributed by atoms with Crippen LogP contribution in [0, 0.1) is 13.8 Å². The number of rotatable bonds is 3. The number of aryl methyl sites for hydroxylation is 2. The zero-order chi connectivity index (χ0) is 12.4. The Hall–Kier alpha value is -1.40. The van der Waals surface area contributed by atoms with Crippen molar-refractivity contribution in [2.45, 2.75) is 23.8 Å². The van der Waals surface area contributed by atoms with Crippen LogP contribution in [0.2, 0.25) is 0 Å². The van der Waals surface area contributed by atoms with Crippen LogP contribution in [-0.2, 0) is 0 Å². The lowest BCUT2D eigenvalue weighted by atomic mass is 10.4. The van der Waals surface area contributed by atoms with Gasteiger partial charge in [0.25, 0.3) is 0 Å². The third-order valence-corrected chi connectivity index (χ3v) is 4.12. The van der Waals surface area contributed by atoms with Gasteiger partial charge < -0.3 is 5.11 Å². The number of nitrogens with zero attached hydrogens (tertiary/aromatic N) is 2. The van der Waals surface area contributed by atoms with Gasteiger partial charge in [-0.1, -0.05) is 11.8 Å². The van der Waals surface area contributed by atoms with Crippen LogP contribution >= 0.6 is 23.1 Å². The summed E-state index contributed by atoms with van der Waals surface area (Å²) in [6.45, 7) is 3.81. The molecule has 88 valence electrons. The largest absolute Gasteiger partial charge is 0.477 e. The fourth-order valence-electron chi connectivity index (χ4n) is 1.17. The van der Waals surface area contributed by atoms with Crippen molar-refractivity contribution in [1.29, 1.82) is 0 Å². The number of thiophene rings is 1. The molecule has 2 aromatic heterocycles. The van der Waals surface area contributed by atoms with Crippen LogP contribution in [0.1, 0.15) is 21.1 Å². The Bertz CT molecular complexity index is 566. The van der Waals surface area contributed by atoms with Gasteiger partial charge in [-0.3, -0.25) is 4.98 Å². The highest BCUT2D eigenvalue weighted by Crippen LogP contribution is 2.30. The maximum absolute atomic E-state index is 10.7. The molecule has 0 aliphatic rings. The molecule has 0 fully saturated rings. The predicted octanol–water partition coefficient (Wildman–Crippen LogP) is 3.00. The van der Waals surface area contributed by atoms with Gasteiger partial charge in [0.05, 0.1) is 17.6 Å². The van der Waals surface area contributed by atoms with E-state index in [0.717, 1.165) is 21.3 Å². The zero-order valence-corrected chi connectivity index (χ0v) is 10.9. The lowest BCUT2D eigenvalue weighted by molar-refractivity contribution is 0.0702. The first-order valence-electron chi connectivity index (χ1n) is 4.86. The summed E-state index contributed by atoms with van der Waals surface area (Å²) in [7, 11) is 0. The average molecular weight is 266 g/mol. The molecule has 0 spiro atoms. The summed E-state index contributed by atoms with van der Waals surface area (Å²) >= 11 is 2.64. The first-order chi connectivity index (χ1) is 8.06. The second-order valence-electron chi connectivity index (χ2n) is 3.43. The number of hydrogen-bond acceptors (Lipinski definition) is 5. The monoisotopic (exact) mass is 266 g/mol. The molecule has 2 heterocycles. The molecule has 0 saturated heterocycles. The second-order valence-corrected chi connectivity index (χ2v) is 5.44. The van der Waals surface area contributed by atoms with E-state index in [1.54, 1.807) is 12.3 Å². The van der Waals surface area contributed by atoms with Crippen LogP contribution < -0.4 is 0 Å². The first kappa shape index (κ1) is 12.1. The van der Waals surface area contributed by atoms with Crippen molar-refractivity contribution in [3.8, 4) is 0 Å². The van der Waals surface area contributed by atoms with Gasteiger partial charge in [0, 0.05) is 10.3 Å². The molecule has 0 atom stereocenters. The van der Waals surface area contributed by atoms with E-state index in [4.69, 9.17) is 5.11 Å². The minimum absolute atomic E-state index is 0.337. The number of aromatic nitrogens is 2. The molecule has 0 unspecified atom stereocenters. The van der Waals surface area contributed by atoms with Gasteiger partial charge in [0.15, 0.2) is 0 Å². The van der Waals surface area contributed by atoms with Crippen LogP contribution in [0.4, 0.5) is 0 Å². The Morgan fingerprint density at radius 2 is 2.18 bits per heavy atom. The summed E-state index contributed by atoms with van der Waals surface area (Å²) in [4.78, 5) is 20.6. The van der Waals surface area contributed by atoms with E-state index in [1.807, 2.05) is 19.2 Å². The van der Waals surface area contributed by atoms with E-state index in [-0.39, 0.29) is 0 Å². The standard InChI is InChI=1S/C11H10N2O2S2/c1-6-7(2)13-10(4-12-6)17-8-3-9(11(14)15)16-5-8/h3-5H,1-2H3,(H,14,15). The molecule has 0 aliphatic carbocycles. The molecule has 0 bridgehead atoms. The Balaban J connectivity index is 2.19. The number of aromatic carboxylic acids is 1. The smallest absolute Gasteiger partial charge is 0.345 e. The first-order valence-corrected chi connectivity index (χ1v) is 6.56. The molecule has 17 heavy (non-hydrogen) atoms. The van der Waals surface area contributed by atoms with Crippen molar-refractivity contribution in [1.82, 2.24) is 9.97 Å². The summed E-state index contributed by atoms with van der Waals surface area (Å²) < 4.78 is 0. The molecular formula is C11H10N2O2S2. The van der Waals surface area contributed by atoms with Crippen molar-refractivity contribution in [3.05, 3.63) is 33.9 Å². The fourth-order valence-corrected chi connectivity index (χ4v) is 2.90. The van der Waals surface area contributed by atoms with E-state index < -0.39 is 5.97 Å². The van der Waals surface area contributed by atoms with Gasteiger partial charge in [0.1, 0.15) is 9.90 Å². The molecule has 2 rings (SSSR count).